The molecule has 1 fully saturated rings. The predicted octanol–water partition coefficient (Wildman–Crippen LogP) is 3.33. The minimum atomic E-state index is -3.59. The highest BCUT2D eigenvalue weighted by Crippen LogP contribution is 2.32. The van der Waals surface area contributed by atoms with E-state index in [4.69, 9.17) is 0 Å². The molecular formula is C20H24N4O2S. The zero-order chi connectivity index (χ0) is 19.0. The van der Waals surface area contributed by atoms with Crippen LogP contribution in [0.15, 0.2) is 47.6 Å². The maximum Gasteiger partial charge on any atom is 0.245 e. The molecule has 1 aromatic carbocycles. The second-order valence-electron chi connectivity index (χ2n) is 7.09. The number of aromatic nitrogens is 3. The summed E-state index contributed by atoms with van der Waals surface area (Å²) in [6.45, 7) is 6.08. The fraction of sp³-hybridized carbons (Fsp3) is 0.400. The van der Waals surface area contributed by atoms with Crippen molar-refractivity contribution >= 4 is 20.9 Å². The van der Waals surface area contributed by atoms with Crippen molar-refractivity contribution in [1.29, 1.82) is 0 Å². The highest BCUT2D eigenvalue weighted by Gasteiger charge is 2.36. The molecule has 6 nitrogen and oxygen atoms in total. The Balaban J connectivity index is 1.65. The lowest BCUT2D eigenvalue weighted by Crippen LogP contribution is -2.29. The van der Waals surface area contributed by atoms with Gasteiger partial charge in [0, 0.05) is 49.0 Å². The molecule has 2 aromatic heterocycles. The van der Waals surface area contributed by atoms with Crippen LogP contribution in [0.2, 0.25) is 0 Å². The molecule has 0 radical (unpaired) electrons. The normalized spacial score (nSPS) is 18.4. The molecule has 3 aromatic rings. The Hall–Kier alpha value is -2.25. The van der Waals surface area contributed by atoms with Gasteiger partial charge >= 0.3 is 0 Å². The molecule has 1 aliphatic rings. The van der Waals surface area contributed by atoms with Gasteiger partial charge in [0.25, 0.3) is 0 Å². The van der Waals surface area contributed by atoms with Crippen LogP contribution in [0.25, 0.3) is 10.9 Å². The monoisotopic (exact) mass is 384 g/mol. The van der Waals surface area contributed by atoms with Crippen molar-refractivity contribution < 1.29 is 8.42 Å². The van der Waals surface area contributed by atoms with Crippen LogP contribution < -0.4 is 0 Å². The van der Waals surface area contributed by atoms with Gasteiger partial charge in [-0.1, -0.05) is 25.1 Å². The van der Waals surface area contributed by atoms with Gasteiger partial charge in [0.2, 0.25) is 10.0 Å². The molecule has 1 aliphatic heterocycles. The molecule has 142 valence electrons. The van der Waals surface area contributed by atoms with Crippen LogP contribution in [0.5, 0.6) is 0 Å². The average Bonchev–Trinajstić information content (AvgIpc) is 3.30. The highest BCUT2D eigenvalue weighted by atomic mass is 32.2. The third-order valence-corrected chi connectivity index (χ3v) is 7.16. The third-order valence-electron chi connectivity index (χ3n) is 5.26. The van der Waals surface area contributed by atoms with Crippen LogP contribution in [0.4, 0.5) is 0 Å². The van der Waals surface area contributed by atoms with Crippen molar-refractivity contribution in [2.45, 2.75) is 44.0 Å². The van der Waals surface area contributed by atoms with Gasteiger partial charge in [-0.25, -0.2) is 13.4 Å². The molecule has 0 N–H and O–H groups in total. The lowest BCUT2D eigenvalue weighted by Gasteiger charge is -2.18. The van der Waals surface area contributed by atoms with Crippen molar-refractivity contribution in [3.63, 3.8) is 0 Å². The number of benzene rings is 1. The molecule has 7 heteroatoms. The van der Waals surface area contributed by atoms with E-state index in [0.29, 0.717) is 18.6 Å². The number of hydrogen-bond acceptors (Lipinski definition) is 4. The van der Waals surface area contributed by atoms with Crippen molar-refractivity contribution in [2.75, 3.05) is 13.1 Å². The van der Waals surface area contributed by atoms with E-state index in [2.05, 4.69) is 28.4 Å². The summed E-state index contributed by atoms with van der Waals surface area (Å²) in [6, 6.07) is 9.03. The molecule has 27 heavy (non-hydrogen) atoms. The van der Waals surface area contributed by atoms with E-state index in [1.807, 2.05) is 24.4 Å². The number of sulfonamides is 1. The molecule has 0 aliphatic carbocycles. The van der Waals surface area contributed by atoms with Crippen LogP contribution in [0.1, 0.15) is 37.2 Å². The topological polar surface area (TPSA) is 68.1 Å². The first-order valence-corrected chi connectivity index (χ1v) is 10.8. The minimum absolute atomic E-state index is 0.128. The van der Waals surface area contributed by atoms with Gasteiger partial charge in [-0.15, -0.1) is 0 Å². The summed E-state index contributed by atoms with van der Waals surface area (Å²) in [5, 5.41) is 0.837. The Morgan fingerprint density at radius 1 is 1.19 bits per heavy atom. The highest BCUT2D eigenvalue weighted by molar-refractivity contribution is 7.89. The molecular weight excluding hydrogens is 360 g/mol. The summed E-state index contributed by atoms with van der Waals surface area (Å²) in [5.74, 6) is 1.13. The zero-order valence-electron chi connectivity index (χ0n) is 15.7. The first-order chi connectivity index (χ1) is 13.0. The minimum Gasteiger partial charge on any atom is -0.332 e. The van der Waals surface area contributed by atoms with Gasteiger partial charge in [0.1, 0.15) is 10.7 Å². The molecule has 0 spiro atoms. The van der Waals surface area contributed by atoms with Gasteiger partial charge in [-0.05, 0) is 31.9 Å². The number of aryl methyl sites for hydroxylation is 1. The molecule has 0 bridgehead atoms. The average molecular weight is 385 g/mol. The summed E-state index contributed by atoms with van der Waals surface area (Å²) >= 11 is 0. The number of rotatable bonds is 5. The first kappa shape index (κ1) is 18.1. The van der Waals surface area contributed by atoms with Crippen molar-refractivity contribution in [3.05, 3.63) is 54.2 Å². The fourth-order valence-corrected chi connectivity index (χ4v) is 5.57. The number of imidazole rings is 1. The SMILES string of the molecule is CCCn1c(C)cnc1C1CCN(S(=O)(=O)c2cccc3cccnc23)C1. The van der Waals surface area contributed by atoms with Crippen LogP contribution in [-0.4, -0.2) is 40.3 Å². The Labute approximate surface area is 159 Å². The van der Waals surface area contributed by atoms with E-state index in [1.54, 1.807) is 22.6 Å². The molecule has 1 atom stereocenters. The lowest BCUT2D eigenvalue weighted by molar-refractivity contribution is 0.468. The van der Waals surface area contributed by atoms with E-state index in [9.17, 15) is 8.42 Å². The summed E-state index contributed by atoms with van der Waals surface area (Å²) in [6.07, 6.45) is 5.34. The standard InChI is InChI=1S/C20H24N4O2S/c1-3-11-24-15(2)13-22-20(24)17-9-12-23(14-17)27(25,26)18-8-4-6-16-7-5-10-21-19(16)18/h4-8,10,13,17H,3,9,11-12,14H2,1-2H3. The van der Waals surface area contributed by atoms with Gasteiger partial charge in [-0.3, -0.25) is 4.98 Å². The predicted molar refractivity (Wildman–Crippen MR) is 105 cm³/mol. The van der Waals surface area contributed by atoms with E-state index >= 15 is 0 Å². The van der Waals surface area contributed by atoms with Gasteiger partial charge in [-0.2, -0.15) is 4.31 Å². The van der Waals surface area contributed by atoms with E-state index in [0.717, 1.165) is 36.3 Å². The van der Waals surface area contributed by atoms with Crippen molar-refractivity contribution in [1.82, 2.24) is 18.8 Å². The second kappa shape index (κ2) is 7.05. The maximum absolute atomic E-state index is 13.3. The number of fused-ring (bicyclic) bond motifs is 1. The quantitative estimate of drug-likeness (QED) is 0.677. The molecule has 1 saturated heterocycles. The molecule has 3 heterocycles. The third kappa shape index (κ3) is 3.15. The Bertz CT molecular complexity index is 1070. The summed E-state index contributed by atoms with van der Waals surface area (Å²) in [5.41, 5.74) is 1.66. The molecule has 1 unspecified atom stereocenters. The summed E-state index contributed by atoms with van der Waals surface area (Å²) < 4.78 is 30.4. The smallest absolute Gasteiger partial charge is 0.245 e. The fourth-order valence-electron chi connectivity index (χ4n) is 3.90. The molecule has 4 rings (SSSR count). The van der Waals surface area contributed by atoms with Crippen LogP contribution in [-0.2, 0) is 16.6 Å². The lowest BCUT2D eigenvalue weighted by atomic mass is 10.1. The number of para-hydroxylation sites is 1. The van der Waals surface area contributed by atoms with Gasteiger partial charge in [0.05, 0.1) is 5.52 Å². The van der Waals surface area contributed by atoms with Crippen LogP contribution in [0, 0.1) is 6.92 Å². The number of nitrogens with zero attached hydrogens (tertiary/aromatic N) is 4. The molecule has 0 amide bonds. The zero-order valence-corrected chi connectivity index (χ0v) is 16.5. The van der Waals surface area contributed by atoms with Crippen LogP contribution >= 0.6 is 0 Å². The molecule has 0 saturated carbocycles. The van der Waals surface area contributed by atoms with E-state index in [-0.39, 0.29) is 10.8 Å². The van der Waals surface area contributed by atoms with Crippen molar-refractivity contribution in [2.24, 2.45) is 0 Å². The van der Waals surface area contributed by atoms with Crippen molar-refractivity contribution in [3.8, 4) is 0 Å². The van der Waals surface area contributed by atoms with Crippen LogP contribution in [0.3, 0.4) is 0 Å². The number of pyridine rings is 1. The summed E-state index contributed by atoms with van der Waals surface area (Å²) in [4.78, 5) is 9.19. The summed E-state index contributed by atoms with van der Waals surface area (Å²) in [7, 11) is -3.59. The van der Waals surface area contributed by atoms with E-state index < -0.39 is 10.0 Å². The Morgan fingerprint density at radius 2 is 2.00 bits per heavy atom. The largest absolute Gasteiger partial charge is 0.332 e. The first-order valence-electron chi connectivity index (χ1n) is 9.38. The van der Waals surface area contributed by atoms with E-state index in [1.165, 1.54) is 0 Å². The Morgan fingerprint density at radius 3 is 2.81 bits per heavy atom. The van der Waals surface area contributed by atoms with Gasteiger partial charge in [0.15, 0.2) is 0 Å². The number of hydrogen-bond donors (Lipinski definition) is 0. The Kier molecular flexibility index (Phi) is 4.74. The maximum atomic E-state index is 13.3. The van der Waals surface area contributed by atoms with Gasteiger partial charge < -0.3 is 4.57 Å². The second-order valence-corrected chi connectivity index (χ2v) is 9.00.